The molecule has 0 aliphatic rings. The molecule has 0 bridgehead atoms. The summed E-state index contributed by atoms with van der Waals surface area (Å²) < 4.78 is 0. The van der Waals surface area contributed by atoms with Crippen molar-refractivity contribution in [2.45, 2.75) is 40.2 Å². The summed E-state index contributed by atoms with van der Waals surface area (Å²) >= 11 is 0. The van der Waals surface area contributed by atoms with Gasteiger partial charge in [-0.3, -0.25) is 4.79 Å². The minimum absolute atomic E-state index is 0.0876. The quantitative estimate of drug-likeness (QED) is 0.691. The van der Waals surface area contributed by atoms with E-state index in [-0.39, 0.29) is 11.9 Å². The molecule has 0 unspecified atom stereocenters. The van der Waals surface area contributed by atoms with Gasteiger partial charge in [-0.15, -0.1) is 0 Å². The fourth-order valence-corrected chi connectivity index (χ4v) is 1.71. The molecule has 1 rings (SSSR count). The van der Waals surface area contributed by atoms with E-state index >= 15 is 0 Å². The van der Waals surface area contributed by atoms with Gasteiger partial charge in [-0.05, 0) is 44.4 Å². The molecule has 0 aromatic heterocycles. The SMILES string of the molecule is CC(C)CCNc1ccc(C(=O)NC(C)C)cc1N. The number of nitrogens with two attached hydrogens (primary N) is 1. The first kappa shape index (κ1) is 15.3. The molecule has 106 valence electrons. The van der Waals surface area contributed by atoms with Crippen molar-refractivity contribution >= 4 is 17.3 Å². The third-order valence-corrected chi connectivity index (χ3v) is 2.77. The summed E-state index contributed by atoms with van der Waals surface area (Å²) in [5.74, 6) is 0.570. The third-order valence-electron chi connectivity index (χ3n) is 2.77. The third kappa shape index (κ3) is 5.20. The van der Waals surface area contributed by atoms with E-state index in [1.165, 1.54) is 0 Å². The van der Waals surface area contributed by atoms with Crippen molar-refractivity contribution in [1.29, 1.82) is 0 Å². The van der Waals surface area contributed by atoms with Crippen molar-refractivity contribution in [2.24, 2.45) is 5.92 Å². The van der Waals surface area contributed by atoms with Crippen LogP contribution in [0.2, 0.25) is 0 Å². The van der Waals surface area contributed by atoms with Gasteiger partial charge in [-0.25, -0.2) is 0 Å². The molecule has 0 atom stereocenters. The Morgan fingerprint density at radius 3 is 2.47 bits per heavy atom. The minimum Gasteiger partial charge on any atom is -0.397 e. The van der Waals surface area contributed by atoms with Gasteiger partial charge in [0, 0.05) is 18.2 Å². The first-order valence-electron chi connectivity index (χ1n) is 6.84. The minimum atomic E-state index is -0.0876. The second kappa shape index (κ2) is 7.02. The topological polar surface area (TPSA) is 67.2 Å². The van der Waals surface area contributed by atoms with Crippen LogP contribution in [-0.2, 0) is 0 Å². The zero-order valence-corrected chi connectivity index (χ0v) is 12.3. The number of hydrogen-bond donors (Lipinski definition) is 3. The molecule has 1 amide bonds. The van der Waals surface area contributed by atoms with Gasteiger partial charge in [0.05, 0.1) is 11.4 Å². The van der Waals surface area contributed by atoms with Crippen LogP contribution in [0.1, 0.15) is 44.5 Å². The van der Waals surface area contributed by atoms with Crippen LogP contribution in [0.3, 0.4) is 0 Å². The fraction of sp³-hybridized carbons (Fsp3) is 0.533. The number of carbonyl (C=O) groups excluding carboxylic acids is 1. The number of amides is 1. The number of hydrogen-bond acceptors (Lipinski definition) is 3. The smallest absolute Gasteiger partial charge is 0.251 e. The standard InChI is InChI=1S/C15H25N3O/c1-10(2)7-8-17-14-6-5-12(9-13(14)16)15(19)18-11(3)4/h5-6,9-11,17H,7-8,16H2,1-4H3,(H,18,19). The molecule has 0 aliphatic heterocycles. The molecule has 1 aromatic rings. The van der Waals surface area contributed by atoms with Crippen molar-refractivity contribution in [3.8, 4) is 0 Å². The van der Waals surface area contributed by atoms with Crippen molar-refractivity contribution < 1.29 is 4.79 Å². The first-order valence-corrected chi connectivity index (χ1v) is 6.84. The van der Waals surface area contributed by atoms with Crippen LogP contribution in [0.25, 0.3) is 0 Å². The van der Waals surface area contributed by atoms with Crippen LogP contribution in [-0.4, -0.2) is 18.5 Å². The van der Waals surface area contributed by atoms with Gasteiger partial charge >= 0.3 is 0 Å². The number of anilines is 2. The summed E-state index contributed by atoms with van der Waals surface area (Å²) in [5.41, 5.74) is 8.06. The van der Waals surface area contributed by atoms with Crippen molar-refractivity contribution in [2.75, 3.05) is 17.6 Å². The number of nitrogen functional groups attached to an aromatic ring is 1. The van der Waals surface area contributed by atoms with Gasteiger partial charge in [-0.2, -0.15) is 0 Å². The van der Waals surface area contributed by atoms with Gasteiger partial charge < -0.3 is 16.4 Å². The van der Waals surface area contributed by atoms with Crippen LogP contribution in [0.15, 0.2) is 18.2 Å². The highest BCUT2D eigenvalue weighted by Crippen LogP contribution is 2.20. The van der Waals surface area contributed by atoms with Gasteiger partial charge in [0.15, 0.2) is 0 Å². The first-order chi connectivity index (χ1) is 8.90. The molecule has 4 heteroatoms. The molecule has 1 aromatic carbocycles. The zero-order valence-electron chi connectivity index (χ0n) is 12.3. The maximum atomic E-state index is 11.8. The van der Waals surface area contributed by atoms with E-state index in [0.717, 1.165) is 18.7 Å². The molecule has 0 heterocycles. The molecule has 4 N–H and O–H groups in total. The Morgan fingerprint density at radius 1 is 1.26 bits per heavy atom. The normalized spacial score (nSPS) is 10.8. The molecule has 0 spiro atoms. The van der Waals surface area contributed by atoms with Crippen molar-refractivity contribution in [1.82, 2.24) is 5.32 Å². The molecule has 0 saturated heterocycles. The second-order valence-corrected chi connectivity index (χ2v) is 5.54. The highest BCUT2D eigenvalue weighted by molar-refractivity contribution is 5.96. The summed E-state index contributed by atoms with van der Waals surface area (Å²) in [5, 5.41) is 6.14. The van der Waals surface area contributed by atoms with Crippen molar-refractivity contribution in [3.63, 3.8) is 0 Å². The number of rotatable bonds is 6. The van der Waals surface area contributed by atoms with Crippen molar-refractivity contribution in [3.05, 3.63) is 23.8 Å². The predicted octanol–water partition coefficient (Wildman–Crippen LogP) is 2.87. The Hall–Kier alpha value is -1.71. The monoisotopic (exact) mass is 263 g/mol. The second-order valence-electron chi connectivity index (χ2n) is 5.54. The summed E-state index contributed by atoms with van der Waals surface area (Å²) in [6.07, 6.45) is 1.09. The summed E-state index contributed by atoms with van der Waals surface area (Å²) in [6, 6.07) is 5.50. The van der Waals surface area contributed by atoms with Crippen LogP contribution in [0.5, 0.6) is 0 Å². The van der Waals surface area contributed by atoms with Gasteiger partial charge in [0.2, 0.25) is 0 Å². The zero-order chi connectivity index (χ0) is 14.4. The fourth-order valence-electron chi connectivity index (χ4n) is 1.71. The van der Waals surface area contributed by atoms with E-state index in [2.05, 4.69) is 24.5 Å². The molecular weight excluding hydrogens is 238 g/mol. The molecule has 4 nitrogen and oxygen atoms in total. The average Bonchev–Trinajstić information content (AvgIpc) is 2.29. The summed E-state index contributed by atoms with van der Waals surface area (Å²) in [4.78, 5) is 11.8. The number of benzene rings is 1. The number of nitrogens with one attached hydrogen (secondary N) is 2. The molecule has 0 saturated carbocycles. The highest BCUT2D eigenvalue weighted by Gasteiger charge is 2.09. The van der Waals surface area contributed by atoms with Gasteiger partial charge in [-0.1, -0.05) is 13.8 Å². The lowest BCUT2D eigenvalue weighted by molar-refractivity contribution is 0.0943. The average molecular weight is 263 g/mol. The maximum Gasteiger partial charge on any atom is 0.251 e. The lowest BCUT2D eigenvalue weighted by Gasteiger charge is -2.13. The Balaban J connectivity index is 2.66. The van der Waals surface area contributed by atoms with Gasteiger partial charge in [0.1, 0.15) is 0 Å². The Morgan fingerprint density at radius 2 is 1.95 bits per heavy atom. The lowest BCUT2D eigenvalue weighted by atomic mass is 10.1. The van der Waals surface area contributed by atoms with Crippen LogP contribution >= 0.6 is 0 Å². The summed E-state index contributed by atoms with van der Waals surface area (Å²) in [7, 11) is 0. The molecular formula is C15H25N3O. The molecule has 19 heavy (non-hydrogen) atoms. The highest BCUT2D eigenvalue weighted by atomic mass is 16.1. The van der Waals surface area contributed by atoms with Crippen LogP contribution < -0.4 is 16.4 Å². The Labute approximate surface area is 115 Å². The lowest BCUT2D eigenvalue weighted by Crippen LogP contribution is -2.30. The molecule has 0 radical (unpaired) electrons. The van der Waals surface area contributed by atoms with E-state index in [1.807, 2.05) is 19.9 Å². The summed E-state index contributed by atoms with van der Waals surface area (Å²) in [6.45, 7) is 9.13. The Kier molecular flexibility index (Phi) is 5.67. The Bertz CT molecular complexity index is 427. The van der Waals surface area contributed by atoms with E-state index in [0.29, 0.717) is 17.2 Å². The van der Waals surface area contributed by atoms with E-state index in [4.69, 9.17) is 5.73 Å². The van der Waals surface area contributed by atoms with Gasteiger partial charge in [0.25, 0.3) is 5.91 Å². The maximum absolute atomic E-state index is 11.8. The van der Waals surface area contributed by atoms with E-state index in [9.17, 15) is 4.79 Å². The van der Waals surface area contributed by atoms with E-state index < -0.39 is 0 Å². The van der Waals surface area contributed by atoms with Crippen LogP contribution in [0, 0.1) is 5.92 Å². The van der Waals surface area contributed by atoms with E-state index in [1.54, 1.807) is 12.1 Å². The number of carbonyl (C=O) groups is 1. The predicted molar refractivity (Wildman–Crippen MR) is 81.4 cm³/mol. The van der Waals surface area contributed by atoms with Crippen LogP contribution in [0.4, 0.5) is 11.4 Å². The molecule has 0 aliphatic carbocycles. The largest absolute Gasteiger partial charge is 0.397 e. The molecule has 0 fully saturated rings.